The Hall–Kier alpha value is -0.370. The molecule has 0 spiro atoms. The summed E-state index contributed by atoms with van der Waals surface area (Å²) in [4.78, 5) is 1.28. The quantitative estimate of drug-likeness (QED) is 0.835. The van der Waals surface area contributed by atoms with Crippen molar-refractivity contribution in [3.05, 3.63) is 20.8 Å². The Bertz CT molecular complexity index is 376. The second kappa shape index (κ2) is 4.65. The first-order chi connectivity index (χ1) is 7.24. The molecule has 0 aliphatic carbocycles. The summed E-state index contributed by atoms with van der Waals surface area (Å²) >= 11 is 5.17. The Morgan fingerprint density at radius 2 is 2.20 bits per heavy atom. The molecule has 1 aliphatic heterocycles. The van der Waals surface area contributed by atoms with Crippen LogP contribution in [0.2, 0.25) is 0 Å². The lowest BCUT2D eigenvalue weighted by Gasteiger charge is -2.30. The first kappa shape index (κ1) is 11.1. The van der Waals surface area contributed by atoms with Crippen molar-refractivity contribution in [2.75, 3.05) is 13.2 Å². The van der Waals surface area contributed by atoms with Crippen LogP contribution in [-0.4, -0.2) is 13.2 Å². The Labute approximate surface area is 102 Å². The molecule has 15 heavy (non-hydrogen) atoms. The molecule has 2 heterocycles. The average Bonchev–Trinajstić information content (AvgIpc) is 2.65. The molecule has 0 saturated carbocycles. The van der Waals surface area contributed by atoms with E-state index in [-0.39, 0.29) is 5.41 Å². The van der Waals surface area contributed by atoms with Gasteiger partial charge in [0, 0.05) is 24.5 Å². The molecule has 0 amide bonds. The van der Waals surface area contributed by atoms with Crippen LogP contribution in [0, 0.1) is 16.7 Å². The van der Waals surface area contributed by atoms with E-state index in [2.05, 4.69) is 28.1 Å². The molecule has 0 radical (unpaired) electrons. The van der Waals surface area contributed by atoms with Crippen LogP contribution in [-0.2, 0) is 11.2 Å². The van der Waals surface area contributed by atoms with Gasteiger partial charge in [0.15, 0.2) is 0 Å². The van der Waals surface area contributed by atoms with Gasteiger partial charge in [-0.1, -0.05) is 0 Å². The molecular formula is C11H12BrNOS. The largest absolute Gasteiger partial charge is 0.381 e. The molecule has 0 bridgehead atoms. The van der Waals surface area contributed by atoms with Crippen molar-refractivity contribution in [2.45, 2.75) is 19.3 Å². The number of halogens is 1. The zero-order valence-electron chi connectivity index (χ0n) is 8.33. The fraction of sp³-hybridized carbons (Fsp3) is 0.545. The Morgan fingerprint density at radius 1 is 1.47 bits per heavy atom. The van der Waals surface area contributed by atoms with Gasteiger partial charge in [-0.05, 0) is 40.9 Å². The maximum Gasteiger partial charge on any atom is 0.0701 e. The molecular weight excluding hydrogens is 274 g/mol. The molecule has 0 atom stereocenters. The van der Waals surface area contributed by atoms with Crippen molar-refractivity contribution >= 4 is 27.3 Å². The number of thiophene rings is 1. The van der Waals surface area contributed by atoms with E-state index in [1.54, 1.807) is 11.3 Å². The fourth-order valence-corrected chi connectivity index (χ4v) is 3.50. The highest BCUT2D eigenvalue weighted by atomic mass is 79.9. The highest BCUT2D eigenvalue weighted by Crippen LogP contribution is 2.36. The topological polar surface area (TPSA) is 33.0 Å². The van der Waals surface area contributed by atoms with Gasteiger partial charge in [0.25, 0.3) is 0 Å². The molecule has 1 fully saturated rings. The van der Waals surface area contributed by atoms with Gasteiger partial charge in [-0.2, -0.15) is 5.26 Å². The standard InChI is InChI=1S/C11H12BrNOS/c12-10-2-1-9(15-10)7-11(8-13)3-5-14-6-4-11/h1-2H,3-7H2. The third-order valence-corrected chi connectivity index (χ3v) is 4.45. The van der Waals surface area contributed by atoms with Gasteiger partial charge in [0.1, 0.15) is 0 Å². The van der Waals surface area contributed by atoms with Crippen LogP contribution in [0.25, 0.3) is 0 Å². The predicted molar refractivity (Wildman–Crippen MR) is 63.8 cm³/mol. The summed E-state index contributed by atoms with van der Waals surface area (Å²) in [6.07, 6.45) is 2.58. The van der Waals surface area contributed by atoms with Crippen LogP contribution < -0.4 is 0 Å². The monoisotopic (exact) mass is 285 g/mol. The first-order valence-electron chi connectivity index (χ1n) is 4.97. The van der Waals surface area contributed by atoms with Gasteiger partial charge in [-0.3, -0.25) is 0 Å². The summed E-state index contributed by atoms with van der Waals surface area (Å²) in [5.41, 5.74) is -0.192. The summed E-state index contributed by atoms with van der Waals surface area (Å²) in [7, 11) is 0. The van der Waals surface area contributed by atoms with Crippen LogP contribution in [0.15, 0.2) is 15.9 Å². The molecule has 0 unspecified atom stereocenters. The minimum atomic E-state index is -0.192. The van der Waals surface area contributed by atoms with Gasteiger partial charge in [-0.15, -0.1) is 11.3 Å². The summed E-state index contributed by atoms with van der Waals surface area (Å²) < 4.78 is 6.45. The number of hydrogen-bond acceptors (Lipinski definition) is 3. The van der Waals surface area contributed by atoms with Gasteiger partial charge < -0.3 is 4.74 Å². The van der Waals surface area contributed by atoms with E-state index in [1.807, 2.05) is 6.07 Å². The smallest absolute Gasteiger partial charge is 0.0701 e. The Balaban J connectivity index is 2.11. The zero-order valence-corrected chi connectivity index (χ0v) is 10.7. The number of ether oxygens (including phenoxy) is 1. The molecule has 1 aromatic rings. The second-order valence-electron chi connectivity index (χ2n) is 3.89. The van der Waals surface area contributed by atoms with Crippen molar-refractivity contribution in [3.8, 4) is 6.07 Å². The molecule has 4 heteroatoms. The SMILES string of the molecule is N#CC1(Cc2ccc(Br)s2)CCOCC1. The summed E-state index contributed by atoms with van der Waals surface area (Å²) in [5.74, 6) is 0. The van der Waals surface area contributed by atoms with E-state index >= 15 is 0 Å². The molecule has 2 nitrogen and oxygen atoms in total. The van der Waals surface area contributed by atoms with E-state index in [4.69, 9.17) is 4.74 Å². The van der Waals surface area contributed by atoms with Crippen LogP contribution in [0.3, 0.4) is 0 Å². The predicted octanol–water partition coefficient (Wildman–Crippen LogP) is 3.37. The minimum absolute atomic E-state index is 0.192. The number of nitrogens with zero attached hydrogens (tertiary/aromatic N) is 1. The third-order valence-electron chi connectivity index (χ3n) is 2.83. The van der Waals surface area contributed by atoms with E-state index in [0.717, 1.165) is 36.3 Å². The number of hydrogen-bond donors (Lipinski definition) is 0. The van der Waals surface area contributed by atoms with Gasteiger partial charge in [0.2, 0.25) is 0 Å². The molecule has 1 saturated heterocycles. The van der Waals surface area contributed by atoms with E-state index < -0.39 is 0 Å². The number of rotatable bonds is 2. The molecule has 0 N–H and O–H groups in total. The summed E-state index contributed by atoms with van der Waals surface area (Å²) in [6.45, 7) is 1.44. The van der Waals surface area contributed by atoms with Crippen molar-refractivity contribution in [3.63, 3.8) is 0 Å². The van der Waals surface area contributed by atoms with E-state index in [0.29, 0.717) is 0 Å². The molecule has 0 aromatic carbocycles. The van der Waals surface area contributed by atoms with Crippen molar-refractivity contribution < 1.29 is 4.74 Å². The van der Waals surface area contributed by atoms with E-state index in [9.17, 15) is 5.26 Å². The van der Waals surface area contributed by atoms with E-state index in [1.165, 1.54) is 4.88 Å². The van der Waals surface area contributed by atoms with Crippen LogP contribution >= 0.6 is 27.3 Å². The lowest BCUT2D eigenvalue weighted by molar-refractivity contribution is 0.0409. The Kier molecular flexibility index (Phi) is 3.45. The second-order valence-corrected chi connectivity index (χ2v) is 6.43. The average molecular weight is 286 g/mol. The third kappa shape index (κ3) is 2.60. The number of nitriles is 1. The van der Waals surface area contributed by atoms with Crippen LogP contribution in [0.5, 0.6) is 0 Å². The van der Waals surface area contributed by atoms with Crippen molar-refractivity contribution in [1.82, 2.24) is 0 Å². The lowest BCUT2D eigenvalue weighted by atomic mass is 9.78. The lowest BCUT2D eigenvalue weighted by Crippen LogP contribution is -2.29. The van der Waals surface area contributed by atoms with Crippen molar-refractivity contribution in [2.24, 2.45) is 5.41 Å². The summed E-state index contributed by atoms with van der Waals surface area (Å²) in [6, 6.07) is 6.63. The first-order valence-corrected chi connectivity index (χ1v) is 6.58. The maximum absolute atomic E-state index is 9.30. The highest BCUT2D eigenvalue weighted by Gasteiger charge is 2.33. The van der Waals surface area contributed by atoms with Gasteiger partial charge in [-0.25, -0.2) is 0 Å². The normalized spacial score (nSPS) is 19.7. The Morgan fingerprint density at radius 3 is 2.73 bits per heavy atom. The van der Waals surface area contributed by atoms with Gasteiger partial charge in [0.05, 0.1) is 15.3 Å². The maximum atomic E-state index is 9.30. The molecule has 2 rings (SSSR count). The minimum Gasteiger partial charge on any atom is -0.381 e. The zero-order chi connectivity index (χ0) is 10.7. The van der Waals surface area contributed by atoms with Gasteiger partial charge >= 0.3 is 0 Å². The van der Waals surface area contributed by atoms with Crippen molar-refractivity contribution in [1.29, 1.82) is 5.26 Å². The van der Waals surface area contributed by atoms with Crippen LogP contribution in [0.4, 0.5) is 0 Å². The summed E-state index contributed by atoms with van der Waals surface area (Å²) in [5, 5.41) is 9.30. The molecule has 1 aromatic heterocycles. The molecule has 1 aliphatic rings. The van der Waals surface area contributed by atoms with Crippen LogP contribution in [0.1, 0.15) is 17.7 Å². The molecule has 80 valence electrons. The highest BCUT2D eigenvalue weighted by molar-refractivity contribution is 9.11. The fourth-order valence-electron chi connectivity index (χ4n) is 1.87.